The van der Waals surface area contributed by atoms with Gasteiger partial charge < -0.3 is 5.32 Å². The third-order valence-corrected chi connectivity index (χ3v) is 7.00. The molecule has 8 heteroatoms. The first-order chi connectivity index (χ1) is 16.0. The summed E-state index contributed by atoms with van der Waals surface area (Å²) in [6.07, 6.45) is 0.477. The average molecular weight is 539 g/mol. The molecule has 0 spiro atoms. The van der Waals surface area contributed by atoms with Gasteiger partial charge in [-0.25, -0.2) is 0 Å². The molecule has 0 radical (unpaired) electrons. The van der Waals surface area contributed by atoms with Crippen molar-refractivity contribution in [1.82, 2.24) is 0 Å². The summed E-state index contributed by atoms with van der Waals surface area (Å²) >= 11 is 10.6. The van der Waals surface area contributed by atoms with E-state index in [1.807, 2.05) is 36.4 Å². The molecule has 0 aromatic heterocycles. The highest BCUT2D eigenvalue weighted by Crippen LogP contribution is 2.42. The third-order valence-electron chi connectivity index (χ3n) is 4.96. The molecule has 1 atom stereocenters. The van der Waals surface area contributed by atoms with Crippen molar-refractivity contribution in [3.63, 3.8) is 0 Å². The predicted octanol–water partition coefficient (Wildman–Crippen LogP) is 6.17. The maximum atomic E-state index is 13.4. The second kappa shape index (κ2) is 10.3. The SMILES string of the molecule is N#C/C(C(=O)Nc1ccc(Br)cc1)=C1/S[C@H](Cc2ccccc2)C(=O)N1c1ccc(Cl)cc1. The van der Waals surface area contributed by atoms with Crippen LogP contribution in [0.4, 0.5) is 11.4 Å². The highest BCUT2D eigenvalue weighted by Gasteiger charge is 2.40. The molecule has 1 heterocycles. The summed E-state index contributed by atoms with van der Waals surface area (Å²) in [4.78, 5) is 27.9. The Labute approximate surface area is 209 Å². The number of halogens is 2. The van der Waals surface area contributed by atoms with E-state index in [0.29, 0.717) is 27.8 Å². The standard InChI is InChI=1S/C25H17BrClN3O2S/c26-17-6-10-19(11-7-17)29-23(31)21(15-28)25-30(20-12-8-18(27)9-13-20)24(32)22(33-25)14-16-4-2-1-3-5-16/h1-13,22H,14H2,(H,29,31)/b25-21-/t22-/m1/s1. The third kappa shape index (κ3) is 5.31. The second-order valence-electron chi connectivity index (χ2n) is 7.20. The van der Waals surface area contributed by atoms with Gasteiger partial charge >= 0.3 is 0 Å². The van der Waals surface area contributed by atoms with Crippen molar-refractivity contribution in [3.05, 3.63) is 105 Å². The van der Waals surface area contributed by atoms with Gasteiger partial charge in [-0.2, -0.15) is 5.26 Å². The van der Waals surface area contributed by atoms with Gasteiger partial charge in [0.2, 0.25) is 5.91 Å². The Kier molecular flexibility index (Phi) is 7.19. The number of carbonyl (C=O) groups excluding carboxylic acids is 2. The first-order valence-corrected chi connectivity index (χ1v) is 12.0. The largest absolute Gasteiger partial charge is 0.321 e. The highest BCUT2D eigenvalue weighted by atomic mass is 79.9. The number of hydrogen-bond acceptors (Lipinski definition) is 4. The molecule has 0 bridgehead atoms. The Morgan fingerprint density at radius 2 is 1.73 bits per heavy atom. The molecule has 1 aliphatic heterocycles. The number of anilines is 2. The van der Waals surface area contributed by atoms with Crippen LogP contribution in [0.1, 0.15) is 5.56 Å². The van der Waals surface area contributed by atoms with Crippen LogP contribution in [0.2, 0.25) is 5.02 Å². The van der Waals surface area contributed by atoms with E-state index in [1.165, 1.54) is 16.7 Å². The number of amides is 2. The quantitative estimate of drug-likeness (QED) is 0.312. The Morgan fingerprint density at radius 1 is 1.06 bits per heavy atom. The van der Waals surface area contributed by atoms with Gasteiger partial charge in [0, 0.05) is 20.9 Å². The fourth-order valence-corrected chi connectivity index (χ4v) is 5.07. The summed E-state index contributed by atoms with van der Waals surface area (Å²) in [5.41, 5.74) is 1.97. The number of nitriles is 1. The van der Waals surface area contributed by atoms with Crippen LogP contribution in [0.25, 0.3) is 0 Å². The van der Waals surface area contributed by atoms with Crippen molar-refractivity contribution < 1.29 is 9.59 Å². The molecule has 1 fully saturated rings. The first kappa shape index (κ1) is 23.1. The van der Waals surface area contributed by atoms with Gasteiger partial charge in [0.25, 0.3) is 5.91 Å². The molecule has 33 heavy (non-hydrogen) atoms. The van der Waals surface area contributed by atoms with E-state index in [4.69, 9.17) is 11.6 Å². The first-order valence-electron chi connectivity index (χ1n) is 9.97. The van der Waals surface area contributed by atoms with Gasteiger partial charge in [0.05, 0.1) is 5.25 Å². The molecule has 164 valence electrons. The lowest BCUT2D eigenvalue weighted by Gasteiger charge is -2.19. The van der Waals surface area contributed by atoms with E-state index in [-0.39, 0.29) is 11.5 Å². The molecule has 5 nitrogen and oxygen atoms in total. The molecule has 4 rings (SSSR count). The highest BCUT2D eigenvalue weighted by molar-refractivity contribution is 9.10. The molecule has 3 aromatic carbocycles. The Bertz CT molecular complexity index is 1260. The number of thioether (sulfide) groups is 1. The summed E-state index contributed by atoms with van der Waals surface area (Å²) < 4.78 is 0.869. The van der Waals surface area contributed by atoms with Crippen LogP contribution in [0.3, 0.4) is 0 Å². The molecular formula is C25H17BrClN3O2S. The van der Waals surface area contributed by atoms with E-state index < -0.39 is 11.2 Å². The van der Waals surface area contributed by atoms with Crippen molar-refractivity contribution in [1.29, 1.82) is 5.26 Å². The van der Waals surface area contributed by atoms with Crippen LogP contribution >= 0.6 is 39.3 Å². The van der Waals surface area contributed by atoms with E-state index in [9.17, 15) is 14.9 Å². The van der Waals surface area contributed by atoms with Gasteiger partial charge in [0.15, 0.2) is 0 Å². The van der Waals surface area contributed by atoms with Crippen LogP contribution in [-0.2, 0) is 16.0 Å². The summed E-state index contributed by atoms with van der Waals surface area (Å²) in [6.45, 7) is 0. The smallest absolute Gasteiger partial charge is 0.269 e. The van der Waals surface area contributed by atoms with Gasteiger partial charge in [-0.15, -0.1) is 0 Å². The monoisotopic (exact) mass is 537 g/mol. The number of rotatable bonds is 5. The minimum absolute atomic E-state index is 0.123. The fourth-order valence-electron chi connectivity index (χ4n) is 3.37. The fraction of sp³-hybridized carbons (Fsp3) is 0.0800. The summed E-state index contributed by atoms with van der Waals surface area (Å²) in [7, 11) is 0. The zero-order valence-electron chi connectivity index (χ0n) is 17.2. The zero-order valence-corrected chi connectivity index (χ0v) is 20.3. The maximum absolute atomic E-state index is 13.4. The molecule has 2 amide bonds. The van der Waals surface area contributed by atoms with Crippen LogP contribution in [0.5, 0.6) is 0 Å². The molecule has 0 aliphatic carbocycles. The zero-order chi connectivity index (χ0) is 23.4. The lowest BCUT2D eigenvalue weighted by atomic mass is 10.1. The molecule has 1 aliphatic rings. The van der Waals surface area contributed by atoms with Gasteiger partial charge in [-0.05, 0) is 60.5 Å². The molecule has 3 aromatic rings. The second-order valence-corrected chi connectivity index (χ2v) is 9.74. The summed E-state index contributed by atoms with van der Waals surface area (Å²) in [6, 6.07) is 25.4. The number of hydrogen-bond donors (Lipinski definition) is 1. The van der Waals surface area contributed by atoms with E-state index in [2.05, 4.69) is 21.2 Å². The Hall–Kier alpha value is -3.05. The van der Waals surface area contributed by atoms with Gasteiger partial charge in [-0.3, -0.25) is 14.5 Å². The van der Waals surface area contributed by atoms with Crippen LogP contribution in [0.15, 0.2) is 93.9 Å². The topological polar surface area (TPSA) is 73.2 Å². The number of carbonyl (C=O) groups is 2. The molecule has 0 unspecified atom stereocenters. The van der Waals surface area contributed by atoms with Gasteiger partial charge in [0.1, 0.15) is 16.7 Å². The Balaban J connectivity index is 1.72. The van der Waals surface area contributed by atoms with Crippen molar-refractivity contribution in [2.75, 3.05) is 10.2 Å². The predicted molar refractivity (Wildman–Crippen MR) is 136 cm³/mol. The van der Waals surface area contributed by atoms with Crippen molar-refractivity contribution in [3.8, 4) is 6.07 Å². The molecular weight excluding hydrogens is 522 g/mol. The summed E-state index contributed by atoms with van der Waals surface area (Å²) in [5.74, 6) is -0.764. The van der Waals surface area contributed by atoms with Crippen LogP contribution in [0, 0.1) is 11.3 Å². The lowest BCUT2D eigenvalue weighted by molar-refractivity contribution is -0.117. The number of nitrogens with zero attached hydrogens (tertiary/aromatic N) is 2. The van der Waals surface area contributed by atoms with E-state index in [1.54, 1.807) is 48.5 Å². The van der Waals surface area contributed by atoms with E-state index in [0.717, 1.165) is 10.0 Å². The van der Waals surface area contributed by atoms with Crippen molar-refractivity contribution in [2.45, 2.75) is 11.7 Å². The average Bonchev–Trinajstić information content (AvgIpc) is 3.12. The molecule has 1 saturated heterocycles. The summed E-state index contributed by atoms with van der Waals surface area (Å²) in [5, 5.41) is 13.0. The van der Waals surface area contributed by atoms with Crippen LogP contribution < -0.4 is 10.2 Å². The minimum atomic E-state index is -0.575. The number of benzene rings is 3. The van der Waals surface area contributed by atoms with Crippen molar-refractivity contribution >= 4 is 62.5 Å². The van der Waals surface area contributed by atoms with Crippen LogP contribution in [-0.4, -0.2) is 17.1 Å². The molecule has 1 N–H and O–H groups in total. The van der Waals surface area contributed by atoms with Crippen molar-refractivity contribution in [2.24, 2.45) is 0 Å². The van der Waals surface area contributed by atoms with E-state index >= 15 is 0 Å². The lowest BCUT2D eigenvalue weighted by Crippen LogP contribution is -2.30. The maximum Gasteiger partial charge on any atom is 0.269 e. The molecule has 0 saturated carbocycles. The van der Waals surface area contributed by atoms with Gasteiger partial charge in [-0.1, -0.05) is 69.6 Å². The number of nitrogens with one attached hydrogen (secondary N) is 1. The minimum Gasteiger partial charge on any atom is -0.321 e. The normalized spacial score (nSPS) is 16.9. The Morgan fingerprint density at radius 3 is 2.36 bits per heavy atom.